The van der Waals surface area contributed by atoms with Crippen LogP contribution in [0.4, 0.5) is 0 Å². The number of aryl methyl sites for hydroxylation is 1. The molecule has 0 atom stereocenters. The molecule has 3 nitrogen and oxygen atoms in total. The van der Waals surface area contributed by atoms with Gasteiger partial charge < -0.3 is 4.52 Å². The summed E-state index contributed by atoms with van der Waals surface area (Å²) in [6.07, 6.45) is 4.22. The average molecular weight is 192 g/mol. The van der Waals surface area contributed by atoms with Crippen LogP contribution in [0.1, 0.15) is 24.2 Å². The number of aromatic nitrogens is 1. The third-order valence-electron chi connectivity index (χ3n) is 2.70. The normalized spacial score (nSPS) is 18.8. The maximum atomic E-state index is 5.03. The average Bonchev–Trinajstić information content (AvgIpc) is 2.52. The van der Waals surface area contributed by atoms with E-state index in [0.717, 1.165) is 25.4 Å². The Hall–Kier alpha value is -1.09. The Morgan fingerprint density at radius 3 is 3.14 bits per heavy atom. The summed E-state index contributed by atoms with van der Waals surface area (Å²) in [5.74, 6) is 0.932. The van der Waals surface area contributed by atoms with E-state index in [2.05, 4.69) is 16.6 Å². The first-order valence-electron chi connectivity index (χ1n) is 5.05. The zero-order chi connectivity index (χ0) is 9.97. The maximum absolute atomic E-state index is 5.03. The van der Waals surface area contributed by atoms with Crippen molar-refractivity contribution in [2.24, 2.45) is 0 Å². The molecule has 1 aliphatic heterocycles. The summed E-state index contributed by atoms with van der Waals surface area (Å²) in [4.78, 5) is 2.39. The molecule has 0 aliphatic carbocycles. The van der Waals surface area contributed by atoms with E-state index in [1.165, 1.54) is 24.0 Å². The third kappa shape index (κ3) is 2.04. The highest BCUT2D eigenvalue weighted by Crippen LogP contribution is 2.17. The van der Waals surface area contributed by atoms with Crippen molar-refractivity contribution < 1.29 is 4.52 Å². The number of nitrogens with zero attached hydrogens (tertiary/aromatic N) is 2. The second-order valence-corrected chi connectivity index (χ2v) is 3.97. The van der Waals surface area contributed by atoms with E-state index in [-0.39, 0.29) is 0 Å². The lowest BCUT2D eigenvalue weighted by atomic mass is 10.1. The molecular weight excluding hydrogens is 176 g/mol. The van der Waals surface area contributed by atoms with Crippen LogP contribution in [0.5, 0.6) is 0 Å². The second-order valence-electron chi connectivity index (χ2n) is 3.97. The van der Waals surface area contributed by atoms with Gasteiger partial charge in [-0.1, -0.05) is 17.3 Å². The van der Waals surface area contributed by atoms with Gasteiger partial charge in [-0.05, 0) is 26.3 Å². The molecule has 1 aromatic heterocycles. The number of likely N-dealkylation sites (tertiary alicyclic amines) is 1. The molecule has 1 aliphatic rings. The van der Waals surface area contributed by atoms with Gasteiger partial charge >= 0.3 is 0 Å². The highest BCUT2D eigenvalue weighted by molar-refractivity contribution is 5.12. The van der Waals surface area contributed by atoms with Crippen molar-refractivity contribution >= 4 is 0 Å². The maximum Gasteiger partial charge on any atom is 0.138 e. The van der Waals surface area contributed by atoms with Gasteiger partial charge in [0.05, 0.1) is 6.20 Å². The van der Waals surface area contributed by atoms with E-state index in [9.17, 15) is 0 Å². The van der Waals surface area contributed by atoms with Crippen molar-refractivity contribution in [1.29, 1.82) is 0 Å². The highest BCUT2D eigenvalue weighted by Gasteiger charge is 2.14. The lowest BCUT2D eigenvalue weighted by Crippen LogP contribution is -2.30. The van der Waals surface area contributed by atoms with Crippen LogP contribution in [0.25, 0.3) is 0 Å². The molecular formula is C11H16N2O. The molecule has 0 radical (unpaired) electrons. The molecule has 0 unspecified atom stereocenters. The predicted molar refractivity (Wildman–Crippen MR) is 54.9 cm³/mol. The van der Waals surface area contributed by atoms with Crippen LogP contribution in [-0.4, -0.2) is 23.1 Å². The van der Waals surface area contributed by atoms with Gasteiger partial charge in [-0.15, -0.1) is 0 Å². The summed E-state index contributed by atoms with van der Waals surface area (Å²) < 4.78 is 5.03. The summed E-state index contributed by atoms with van der Waals surface area (Å²) in [5, 5.41) is 3.78. The van der Waals surface area contributed by atoms with Crippen molar-refractivity contribution in [1.82, 2.24) is 10.1 Å². The smallest absolute Gasteiger partial charge is 0.138 e. The van der Waals surface area contributed by atoms with Gasteiger partial charge in [0.25, 0.3) is 0 Å². The summed E-state index contributed by atoms with van der Waals surface area (Å²) in [7, 11) is 0. The van der Waals surface area contributed by atoms with Crippen molar-refractivity contribution in [3.63, 3.8) is 0 Å². The lowest BCUT2D eigenvalue weighted by Gasteiger charge is -2.27. The Kier molecular flexibility index (Phi) is 2.68. The van der Waals surface area contributed by atoms with Gasteiger partial charge in [0.2, 0.25) is 0 Å². The minimum absolute atomic E-state index is 0.932. The Balaban J connectivity index is 1.97. The fraction of sp³-hybridized carbons (Fsp3) is 0.545. The van der Waals surface area contributed by atoms with Crippen LogP contribution < -0.4 is 0 Å². The SMILES string of the molecule is C=C1CCCN(Cc2cnoc2C)C1. The van der Waals surface area contributed by atoms with Gasteiger partial charge in [-0.25, -0.2) is 0 Å². The van der Waals surface area contributed by atoms with E-state index in [1.54, 1.807) is 0 Å². The molecule has 2 heterocycles. The van der Waals surface area contributed by atoms with Crippen molar-refractivity contribution in [3.8, 4) is 0 Å². The number of rotatable bonds is 2. The number of hydrogen-bond acceptors (Lipinski definition) is 3. The fourth-order valence-electron chi connectivity index (χ4n) is 1.87. The molecule has 0 bridgehead atoms. The topological polar surface area (TPSA) is 29.3 Å². The Bertz CT molecular complexity index is 330. The summed E-state index contributed by atoms with van der Waals surface area (Å²) in [5.41, 5.74) is 2.53. The Labute approximate surface area is 84.4 Å². The predicted octanol–water partition coefficient (Wildman–Crippen LogP) is 2.14. The molecule has 0 amide bonds. The quantitative estimate of drug-likeness (QED) is 0.672. The summed E-state index contributed by atoms with van der Waals surface area (Å²) in [6, 6.07) is 0. The van der Waals surface area contributed by atoms with Gasteiger partial charge in [0.15, 0.2) is 0 Å². The molecule has 14 heavy (non-hydrogen) atoms. The minimum atomic E-state index is 0.932. The Morgan fingerprint density at radius 1 is 1.64 bits per heavy atom. The summed E-state index contributed by atoms with van der Waals surface area (Å²) >= 11 is 0. The van der Waals surface area contributed by atoms with E-state index in [4.69, 9.17) is 4.52 Å². The standard InChI is InChI=1S/C11H16N2O/c1-9-4-3-5-13(7-9)8-11-6-12-14-10(11)2/h6H,1,3-5,7-8H2,2H3. The minimum Gasteiger partial charge on any atom is -0.361 e. The van der Waals surface area contributed by atoms with Crippen molar-refractivity contribution in [2.75, 3.05) is 13.1 Å². The van der Waals surface area contributed by atoms with Crippen LogP contribution in [0.3, 0.4) is 0 Å². The molecule has 1 aromatic rings. The van der Waals surface area contributed by atoms with Crippen LogP contribution in [0.2, 0.25) is 0 Å². The molecule has 2 rings (SSSR count). The first-order chi connectivity index (χ1) is 6.75. The first kappa shape index (κ1) is 9.46. The number of hydrogen-bond donors (Lipinski definition) is 0. The third-order valence-corrected chi connectivity index (χ3v) is 2.70. The summed E-state index contributed by atoms with van der Waals surface area (Å²) in [6.45, 7) is 9.11. The molecule has 0 spiro atoms. The molecule has 1 saturated heterocycles. The molecule has 1 fully saturated rings. The zero-order valence-electron chi connectivity index (χ0n) is 8.62. The highest BCUT2D eigenvalue weighted by atomic mass is 16.5. The Morgan fingerprint density at radius 2 is 2.50 bits per heavy atom. The number of piperidine rings is 1. The van der Waals surface area contributed by atoms with E-state index < -0.39 is 0 Å². The first-order valence-corrected chi connectivity index (χ1v) is 5.05. The zero-order valence-corrected chi connectivity index (χ0v) is 8.62. The molecule has 3 heteroatoms. The molecule has 76 valence electrons. The fourth-order valence-corrected chi connectivity index (χ4v) is 1.87. The van der Waals surface area contributed by atoms with Crippen LogP contribution in [0.15, 0.2) is 22.9 Å². The molecule has 0 saturated carbocycles. The van der Waals surface area contributed by atoms with E-state index in [1.807, 2.05) is 13.1 Å². The van der Waals surface area contributed by atoms with Gasteiger partial charge in [0.1, 0.15) is 5.76 Å². The van der Waals surface area contributed by atoms with Crippen LogP contribution >= 0.6 is 0 Å². The van der Waals surface area contributed by atoms with E-state index in [0.29, 0.717) is 0 Å². The van der Waals surface area contributed by atoms with E-state index >= 15 is 0 Å². The largest absolute Gasteiger partial charge is 0.361 e. The van der Waals surface area contributed by atoms with Crippen LogP contribution in [0, 0.1) is 6.92 Å². The van der Waals surface area contributed by atoms with Gasteiger partial charge in [0, 0.05) is 18.7 Å². The van der Waals surface area contributed by atoms with Gasteiger partial charge in [-0.2, -0.15) is 0 Å². The van der Waals surface area contributed by atoms with Crippen LogP contribution in [-0.2, 0) is 6.54 Å². The molecule has 0 aromatic carbocycles. The lowest BCUT2D eigenvalue weighted by molar-refractivity contribution is 0.256. The van der Waals surface area contributed by atoms with Crippen molar-refractivity contribution in [2.45, 2.75) is 26.3 Å². The van der Waals surface area contributed by atoms with Gasteiger partial charge in [-0.3, -0.25) is 4.90 Å². The second kappa shape index (κ2) is 3.96. The van der Waals surface area contributed by atoms with Crippen molar-refractivity contribution in [3.05, 3.63) is 29.7 Å². The molecule has 0 N–H and O–H groups in total. The monoisotopic (exact) mass is 192 g/mol.